The first-order chi connectivity index (χ1) is 4.59. The fourth-order valence-corrected chi connectivity index (χ4v) is 1.73. The molecular formula is C6H10I2O2. The van der Waals surface area contributed by atoms with Crippen LogP contribution in [0.5, 0.6) is 0 Å². The minimum absolute atomic E-state index is 0.244. The maximum Gasteiger partial charge on any atom is 0.284 e. The van der Waals surface area contributed by atoms with Crippen molar-refractivity contribution in [3.63, 3.8) is 0 Å². The van der Waals surface area contributed by atoms with E-state index in [1.807, 2.05) is 22.6 Å². The van der Waals surface area contributed by atoms with Crippen molar-refractivity contribution in [3.8, 4) is 0 Å². The van der Waals surface area contributed by atoms with Gasteiger partial charge in [0.05, 0.1) is 3.58 Å². The predicted molar refractivity (Wildman–Crippen MR) is 59.0 cm³/mol. The zero-order valence-electron chi connectivity index (χ0n) is 5.64. The second-order valence-electron chi connectivity index (χ2n) is 1.93. The van der Waals surface area contributed by atoms with Gasteiger partial charge in [-0.05, 0) is 29.0 Å². The largest absolute Gasteiger partial charge is 0.481 e. The SMILES string of the molecule is CCCC(I)C(I)=C(O)O. The Morgan fingerprint density at radius 3 is 2.30 bits per heavy atom. The summed E-state index contributed by atoms with van der Waals surface area (Å²) in [5.41, 5.74) is 0. The highest BCUT2D eigenvalue weighted by Crippen LogP contribution is 2.25. The Morgan fingerprint density at radius 1 is 1.50 bits per heavy atom. The summed E-state index contributed by atoms with van der Waals surface area (Å²) in [6.45, 7) is 2.07. The molecule has 0 amide bonds. The van der Waals surface area contributed by atoms with Gasteiger partial charge in [0.1, 0.15) is 0 Å². The standard InChI is InChI=1S/C6H10I2O2/c1-2-3-4(7)5(8)6(9)10/h4,9-10H,2-3H2,1H3. The maximum atomic E-state index is 8.64. The summed E-state index contributed by atoms with van der Waals surface area (Å²) < 4.78 is 0.883. The zero-order chi connectivity index (χ0) is 8.15. The van der Waals surface area contributed by atoms with E-state index in [1.54, 1.807) is 0 Å². The minimum atomic E-state index is -0.534. The van der Waals surface area contributed by atoms with Gasteiger partial charge in [0.15, 0.2) is 0 Å². The number of hydrogen-bond acceptors (Lipinski definition) is 2. The van der Waals surface area contributed by atoms with Crippen LogP contribution in [-0.4, -0.2) is 14.1 Å². The summed E-state index contributed by atoms with van der Waals surface area (Å²) in [6.07, 6.45) is 2.05. The summed E-state index contributed by atoms with van der Waals surface area (Å²) in [5.74, 6) is -0.534. The van der Waals surface area contributed by atoms with Gasteiger partial charge in [0.2, 0.25) is 0 Å². The molecule has 0 aliphatic heterocycles. The first-order valence-corrected chi connectivity index (χ1v) is 5.33. The van der Waals surface area contributed by atoms with Crippen LogP contribution in [0.4, 0.5) is 0 Å². The molecule has 1 unspecified atom stereocenters. The third kappa shape index (κ3) is 3.85. The Kier molecular flexibility index (Phi) is 5.89. The van der Waals surface area contributed by atoms with E-state index >= 15 is 0 Å². The lowest BCUT2D eigenvalue weighted by Crippen LogP contribution is -1.99. The van der Waals surface area contributed by atoms with Crippen molar-refractivity contribution in [2.24, 2.45) is 0 Å². The highest BCUT2D eigenvalue weighted by molar-refractivity contribution is 14.1. The van der Waals surface area contributed by atoms with Crippen molar-refractivity contribution in [2.45, 2.75) is 23.7 Å². The number of rotatable bonds is 3. The van der Waals surface area contributed by atoms with Crippen LogP contribution in [0, 0.1) is 0 Å². The maximum absolute atomic E-state index is 8.64. The van der Waals surface area contributed by atoms with E-state index in [1.165, 1.54) is 0 Å². The van der Waals surface area contributed by atoms with Crippen molar-refractivity contribution in [2.75, 3.05) is 0 Å². The number of aliphatic hydroxyl groups excluding tert-OH is 1. The van der Waals surface area contributed by atoms with Crippen LogP contribution in [0.25, 0.3) is 0 Å². The monoisotopic (exact) mass is 368 g/mol. The van der Waals surface area contributed by atoms with Crippen LogP contribution in [-0.2, 0) is 0 Å². The lowest BCUT2D eigenvalue weighted by Gasteiger charge is -2.05. The van der Waals surface area contributed by atoms with E-state index < -0.39 is 5.95 Å². The van der Waals surface area contributed by atoms with Gasteiger partial charge in [-0.1, -0.05) is 35.9 Å². The van der Waals surface area contributed by atoms with Gasteiger partial charge < -0.3 is 10.2 Å². The first kappa shape index (κ1) is 10.8. The lowest BCUT2D eigenvalue weighted by atomic mass is 10.2. The van der Waals surface area contributed by atoms with Crippen LogP contribution in [0.15, 0.2) is 9.53 Å². The van der Waals surface area contributed by atoms with Gasteiger partial charge in [-0.15, -0.1) is 0 Å². The van der Waals surface area contributed by atoms with Crippen molar-refractivity contribution in [1.29, 1.82) is 0 Å². The van der Waals surface area contributed by atoms with E-state index in [-0.39, 0.29) is 3.92 Å². The van der Waals surface area contributed by atoms with E-state index in [4.69, 9.17) is 10.2 Å². The fourth-order valence-electron chi connectivity index (χ4n) is 0.520. The van der Waals surface area contributed by atoms with Crippen LogP contribution < -0.4 is 0 Å². The Morgan fingerprint density at radius 2 is 2.00 bits per heavy atom. The van der Waals surface area contributed by atoms with Crippen LogP contribution in [0.2, 0.25) is 0 Å². The molecule has 0 heterocycles. The second-order valence-corrected chi connectivity index (χ2v) is 4.59. The highest BCUT2D eigenvalue weighted by atomic mass is 127. The van der Waals surface area contributed by atoms with Crippen molar-refractivity contribution in [1.82, 2.24) is 0 Å². The molecule has 0 spiro atoms. The molecule has 60 valence electrons. The quantitative estimate of drug-likeness (QED) is 0.456. The Bertz CT molecular complexity index is 130. The Balaban J connectivity index is 3.94. The van der Waals surface area contributed by atoms with Crippen LogP contribution in [0.3, 0.4) is 0 Å². The highest BCUT2D eigenvalue weighted by Gasteiger charge is 2.10. The van der Waals surface area contributed by atoms with E-state index in [2.05, 4.69) is 29.5 Å². The molecule has 0 saturated heterocycles. The van der Waals surface area contributed by atoms with Gasteiger partial charge in [-0.2, -0.15) is 0 Å². The smallest absolute Gasteiger partial charge is 0.284 e. The number of allylic oxidation sites excluding steroid dienone is 1. The topological polar surface area (TPSA) is 40.5 Å². The van der Waals surface area contributed by atoms with E-state index in [0.29, 0.717) is 3.58 Å². The van der Waals surface area contributed by atoms with Gasteiger partial charge in [-0.3, -0.25) is 0 Å². The summed E-state index contributed by atoms with van der Waals surface area (Å²) in [4.78, 5) is 0. The molecule has 0 fully saturated rings. The molecule has 0 saturated carbocycles. The number of aliphatic hydroxyl groups is 2. The molecular weight excluding hydrogens is 358 g/mol. The number of alkyl halides is 1. The predicted octanol–water partition coefficient (Wildman–Crippen LogP) is 3.31. The van der Waals surface area contributed by atoms with Crippen molar-refractivity contribution < 1.29 is 10.2 Å². The average Bonchev–Trinajstić information content (AvgIpc) is 1.87. The van der Waals surface area contributed by atoms with Gasteiger partial charge in [-0.25, -0.2) is 0 Å². The summed E-state index contributed by atoms with van der Waals surface area (Å²) in [5, 5.41) is 17.3. The van der Waals surface area contributed by atoms with E-state index in [9.17, 15) is 0 Å². The lowest BCUT2D eigenvalue weighted by molar-refractivity contribution is 0.188. The summed E-state index contributed by atoms with van der Waals surface area (Å²) in [6, 6.07) is 0. The van der Waals surface area contributed by atoms with Crippen LogP contribution in [0.1, 0.15) is 19.8 Å². The second kappa shape index (κ2) is 5.45. The number of hydrogen-bond donors (Lipinski definition) is 2. The molecule has 0 radical (unpaired) electrons. The molecule has 0 aromatic rings. The zero-order valence-corrected chi connectivity index (χ0v) is 9.96. The molecule has 4 heteroatoms. The summed E-state index contributed by atoms with van der Waals surface area (Å²) in [7, 11) is 0. The minimum Gasteiger partial charge on any atom is -0.481 e. The molecule has 0 bridgehead atoms. The van der Waals surface area contributed by atoms with Gasteiger partial charge in [0, 0.05) is 3.92 Å². The molecule has 2 nitrogen and oxygen atoms in total. The van der Waals surface area contributed by atoms with Gasteiger partial charge in [0.25, 0.3) is 5.95 Å². The van der Waals surface area contributed by atoms with Gasteiger partial charge >= 0.3 is 0 Å². The third-order valence-corrected chi connectivity index (χ3v) is 4.70. The molecule has 2 N–H and O–H groups in total. The Hall–Kier alpha value is 0.800. The molecule has 0 rings (SSSR count). The molecule has 0 aromatic heterocycles. The fraction of sp³-hybridized carbons (Fsp3) is 0.667. The third-order valence-electron chi connectivity index (χ3n) is 1.03. The molecule has 1 atom stereocenters. The number of halogens is 2. The van der Waals surface area contributed by atoms with E-state index in [0.717, 1.165) is 12.8 Å². The van der Waals surface area contributed by atoms with Crippen molar-refractivity contribution >= 4 is 45.2 Å². The molecule has 0 aromatic carbocycles. The van der Waals surface area contributed by atoms with Crippen molar-refractivity contribution in [3.05, 3.63) is 9.53 Å². The molecule has 0 aliphatic carbocycles. The molecule has 10 heavy (non-hydrogen) atoms. The first-order valence-electron chi connectivity index (χ1n) is 3.01. The molecule has 0 aliphatic rings. The van der Waals surface area contributed by atoms with Crippen LogP contribution >= 0.6 is 45.2 Å². The summed E-state index contributed by atoms with van der Waals surface area (Å²) >= 11 is 4.15. The average molecular weight is 368 g/mol. The normalized spacial score (nSPS) is 12.7. The Labute approximate surface area is 88.0 Å².